The zero-order valence-electron chi connectivity index (χ0n) is 13.5. The molecule has 1 fully saturated rings. The third-order valence-corrected chi connectivity index (χ3v) is 4.04. The maximum atomic E-state index is 12.7. The van der Waals surface area contributed by atoms with E-state index >= 15 is 0 Å². The molecule has 1 aliphatic rings. The number of likely N-dealkylation sites (tertiary alicyclic amines) is 1. The van der Waals surface area contributed by atoms with Crippen LogP contribution in [0.15, 0.2) is 42.5 Å². The van der Waals surface area contributed by atoms with Crippen molar-refractivity contribution in [1.29, 1.82) is 0 Å². The number of hydrogen-bond acceptors (Lipinski definition) is 4. The number of esters is 1. The van der Waals surface area contributed by atoms with E-state index in [1.165, 1.54) is 0 Å². The highest BCUT2D eigenvalue weighted by Crippen LogP contribution is 2.33. The van der Waals surface area contributed by atoms with Crippen molar-refractivity contribution >= 4 is 17.8 Å². The van der Waals surface area contributed by atoms with Crippen molar-refractivity contribution in [3.8, 4) is 0 Å². The fourth-order valence-electron chi connectivity index (χ4n) is 2.60. The Kier molecular flexibility index (Phi) is 5.32. The lowest BCUT2D eigenvalue weighted by molar-refractivity contribution is -0.165. The number of imide groups is 1. The lowest BCUT2D eigenvalue weighted by Crippen LogP contribution is -2.53. The monoisotopic (exact) mass is 315 g/mol. The Balaban J connectivity index is 2.17. The van der Waals surface area contributed by atoms with E-state index in [-0.39, 0.29) is 12.5 Å². The Hall–Kier alpha value is -2.43. The number of carbonyl (C=O) groups excluding carboxylic acids is 3. The zero-order valence-corrected chi connectivity index (χ0v) is 13.5. The molecule has 1 aromatic rings. The second-order valence-corrected chi connectivity index (χ2v) is 5.73. The van der Waals surface area contributed by atoms with E-state index in [2.05, 4.69) is 0 Å². The van der Waals surface area contributed by atoms with Crippen molar-refractivity contribution < 1.29 is 19.1 Å². The van der Waals surface area contributed by atoms with E-state index in [1.54, 1.807) is 49.4 Å². The summed E-state index contributed by atoms with van der Waals surface area (Å²) >= 11 is 0. The van der Waals surface area contributed by atoms with Gasteiger partial charge < -0.3 is 4.74 Å². The molecule has 0 saturated carbocycles. The van der Waals surface area contributed by atoms with E-state index < -0.39 is 17.3 Å². The van der Waals surface area contributed by atoms with Gasteiger partial charge in [0.1, 0.15) is 12.0 Å². The number of ether oxygens (including phenoxy) is 1. The highest BCUT2D eigenvalue weighted by molar-refractivity contribution is 6.12. The van der Waals surface area contributed by atoms with Crippen molar-refractivity contribution in [3.63, 3.8) is 0 Å². The normalized spacial score (nSPS) is 21.5. The first-order valence-corrected chi connectivity index (χ1v) is 7.70. The molecule has 1 aromatic carbocycles. The van der Waals surface area contributed by atoms with Crippen LogP contribution in [0, 0.1) is 5.41 Å². The summed E-state index contributed by atoms with van der Waals surface area (Å²) in [6.45, 7) is 3.83. The molecule has 1 aliphatic heterocycles. The van der Waals surface area contributed by atoms with Crippen molar-refractivity contribution in [1.82, 2.24) is 4.90 Å². The standard InChI is InChI=1S/C18H21NO4/c1-3-4-13-23-17(22)18(2)11-8-12-19(16(18)21)15(20)14-9-6-5-7-10-14/h3-7,9-10H,8,11-13H2,1-2H3/b4-3+. The lowest BCUT2D eigenvalue weighted by atomic mass is 9.80. The first kappa shape index (κ1) is 16.9. The van der Waals surface area contributed by atoms with Crippen molar-refractivity contribution in [3.05, 3.63) is 48.0 Å². The molecule has 2 rings (SSSR count). The highest BCUT2D eigenvalue weighted by Gasteiger charge is 2.49. The number of allylic oxidation sites excluding steroid dienone is 1. The first-order chi connectivity index (χ1) is 11.0. The van der Waals surface area contributed by atoms with Gasteiger partial charge in [-0.15, -0.1) is 0 Å². The minimum Gasteiger partial charge on any atom is -0.461 e. The molecule has 1 heterocycles. The predicted octanol–water partition coefficient (Wildman–Crippen LogP) is 2.57. The molecular weight excluding hydrogens is 294 g/mol. The molecule has 0 aromatic heterocycles. The zero-order chi connectivity index (χ0) is 16.9. The SMILES string of the molecule is C/C=C/COC(=O)C1(C)CCCN(C(=O)c2ccccc2)C1=O. The van der Waals surface area contributed by atoms with E-state index in [1.807, 2.05) is 6.92 Å². The lowest BCUT2D eigenvalue weighted by Gasteiger charge is -2.36. The molecule has 0 N–H and O–H groups in total. The van der Waals surface area contributed by atoms with Crippen LogP contribution in [-0.4, -0.2) is 35.8 Å². The topological polar surface area (TPSA) is 63.7 Å². The average Bonchev–Trinajstić information content (AvgIpc) is 2.57. The van der Waals surface area contributed by atoms with Crippen LogP contribution >= 0.6 is 0 Å². The van der Waals surface area contributed by atoms with Gasteiger partial charge in [-0.25, -0.2) is 0 Å². The molecule has 2 amide bonds. The molecule has 0 spiro atoms. The van der Waals surface area contributed by atoms with Crippen LogP contribution in [0.3, 0.4) is 0 Å². The molecule has 0 radical (unpaired) electrons. The van der Waals surface area contributed by atoms with Gasteiger partial charge in [0.25, 0.3) is 5.91 Å². The second-order valence-electron chi connectivity index (χ2n) is 5.73. The van der Waals surface area contributed by atoms with Gasteiger partial charge in [0.05, 0.1) is 0 Å². The maximum absolute atomic E-state index is 12.7. The quantitative estimate of drug-likeness (QED) is 0.371. The number of nitrogens with zero attached hydrogens (tertiary/aromatic N) is 1. The van der Waals surface area contributed by atoms with Crippen molar-refractivity contribution in [2.24, 2.45) is 5.41 Å². The van der Waals surface area contributed by atoms with Crippen LogP contribution in [0.25, 0.3) is 0 Å². The largest absolute Gasteiger partial charge is 0.461 e. The molecule has 5 nitrogen and oxygen atoms in total. The van der Waals surface area contributed by atoms with Crippen LogP contribution < -0.4 is 0 Å². The first-order valence-electron chi connectivity index (χ1n) is 7.70. The van der Waals surface area contributed by atoms with E-state index in [0.29, 0.717) is 24.9 Å². The average molecular weight is 315 g/mol. The fourth-order valence-corrected chi connectivity index (χ4v) is 2.60. The molecular formula is C18H21NO4. The van der Waals surface area contributed by atoms with Crippen molar-refractivity contribution in [2.75, 3.05) is 13.2 Å². The summed E-state index contributed by atoms with van der Waals surface area (Å²) in [7, 11) is 0. The summed E-state index contributed by atoms with van der Waals surface area (Å²) in [5.41, 5.74) is -0.864. The maximum Gasteiger partial charge on any atom is 0.321 e. The van der Waals surface area contributed by atoms with Crippen LogP contribution in [0.5, 0.6) is 0 Å². The van der Waals surface area contributed by atoms with Gasteiger partial charge in [0, 0.05) is 12.1 Å². The van der Waals surface area contributed by atoms with Gasteiger partial charge in [-0.05, 0) is 38.8 Å². The highest BCUT2D eigenvalue weighted by atomic mass is 16.5. The van der Waals surface area contributed by atoms with Gasteiger partial charge in [-0.1, -0.05) is 30.4 Å². The number of piperidine rings is 1. The Morgan fingerprint density at radius 3 is 2.65 bits per heavy atom. The van der Waals surface area contributed by atoms with E-state index in [4.69, 9.17) is 4.74 Å². The number of carbonyl (C=O) groups is 3. The van der Waals surface area contributed by atoms with Crippen LogP contribution in [-0.2, 0) is 14.3 Å². The minimum absolute atomic E-state index is 0.130. The van der Waals surface area contributed by atoms with Crippen LogP contribution in [0.2, 0.25) is 0 Å². The third-order valence-electron chi connectivity index (χ3n) is 4.04. The summed E-state index contributed by atoms with van der Waals surface area (Å²) in [6, 6.07) is 8.60. The fraction of sp³-hybridized carbons (Fsp3) is 0.389. The van der Waals surface area contributed by atoms with Gasteiger partial charge in [0.15, 0.2) is 0 Å². The molecule has 0 aliphatic carbocycles. The minimum atomic E-state index is -1.30. The smallest absolute Gasteiger partial charge is 0.321 e. The van der Waals surface area contributed by atoms with Crippen LogP contribution in [0.1, 0.15) is 37.0 Å². The Morgan fingerprint density at radius 1 is 1.30 bits per heavy atom. The number of hydrogen-bond donors (Lipinski definition) is 0. The molecule has 0 bridgehead atoms. The number of rotatable bonds is 4. The summed E-state index contributed by atoms with van der Waals surface area (Å²) in [6.07, 6.45) is 4.43. The third kappa shape index (κ3) is 3.50. The number of benzene rings is 1. The van der Waals surface area contributed by atoms with E-state index in [0.717, 1.165) is 4.90 Å². The molecule has 122 valence electrons. The molecule has 1 atom stereocenters. The van der Waals surface area contributed by atoms with Crippen molar-refractivity contribution in [2.45, 2.75) is 26.7 Å². The Morgan fingerprint density at radius 2 is 2.00 bits per heavy atom. The van der Waals surface area contributed by atoms with Gasteiger partial charge in [-0.2, -0.15) is 0 Å². The van der Waals surface area contributed by atoms with Crippen LogP contribution in [0.4, 0.5) is 0 Å². The van der Waals surface area contributed by atoms with Gasteiger partial charge in [-0.3, -0.25) is 19.3 Å². The summed E-state index contributed by atoms with van der Waals surface area (Å²) < 4.78 is 5.14. The molecule has 1 unspecified atom stereocenters. The molecule has 23 heavy (non-hydrogen) atoms. The van der Waals surface area contributed by atoms with E-state index in [9.17, 15) is 14.4 Å². The molecule has 5 heteroatoms. The Bertz CT molecular complexity index is 623. The number of amides is 2. The Labute approximate surface area is 135 Å². The molecule has 1 saturated heterocycles. The van der Waals surface area contributed by atoms with Gasteiger partial charge in [0.2, 0.25) is 5.91 Å². The summed E-state index contributed by atoms with van der Waals surface area (Å²) in [4.78, 5) is 38.7. The predicted molar refractivity (Wildman–Crippen MR) is 85.6 cm³/mol. The summed E-state index contributed by atoms with van der Waals surface area (Å²) in [5.74, 6) is -1.43. The second kappa shape index (κ2) is 7.22. The van der Waals surface area contributed by atoms with Gasteiger partial charge >= 0.3 is 5.97 Å². The summed E-state index contributed by atoms with van der Waals surface area (Å²) in [5, 5.41) is 0.